The molecule has 4 aromatic rings. The lowest BCUT2D eigenvalue weighted by molar-refractivity contribution is 0.0950. The smallest absolute Gasteiger partial charge is 0.289 e. The number of carbonyl (C=O) groups is 1. The van der Waals surface area contributed by atoms with Crippen molar-refractivity contribution >= 4 is 33.4 Å². The molecule has 25 heavy (non-hydrogen) atoms. The average Bonchev–Trinajstić information content (AvgIpc) is 3.11. The number of nitrogens with one attached hydrogen (secondary N) is 1. The molecule has 5 heteroatoms. The quantitative estimate of drug-likeness (QED) is 0.454. The molecule has 0 spiro atoms. The van der Waals surface area contributed by atoms with Gasteiger partial charge in [-0.25, -0.2) is 5.43 Å². The van der Waals surface area contributed by atoms with Crippen molar-refractivity contribution in [2.75, 3.05) is 0 Å². The number of pyridine rings is 1. The average molecular weight is 329 g/mol. The first-order chi connectivity index (χ1) is 12.2. The van der Waals surface area contributed by atoms with E-state index in [9.17, 15) is 4.79 Å². The van der Waals surface area contributed by atoms with Crippen molar-refractivity contribution in [3.05, 3.63) is 78.3 Å². The molecule has 1 N–H and O–H groups in total. The van der Waals surface area contributed by atoms with Gasteiger partial charge in [0.2, 0.25) is 0 Å². The van der Waals surface area contributed by atoms with Crippen LogP contribution < -0.4 is 5.43 Å². The molecule has 0 aliphatic rings. The highest BCUT2D eigenvalue weighted by atomic mass is 16.3. The zero-order chi connectivity index (χ0) is 17.2. The van der Waals surface area contributed by atoms with Gasteiger partial charge in [0.1, 0.15) is 17.0 Å². The van der Waals surface area contributed by atoms with Crippen molar-refractivity contribution in [2.45, 2.75) is 6.92 Å². The molecule has 0 saturated heterocycles. The molecular weight excluding hydrogens is 314 g/mol. The summed E-state index contributed by atoms with van der Waals surface area (Å²) in [5, 5.41) is 7.43. The number of hydrogen-bond donors (Lipinski definition) is 1. The second kappa shape index (κ2) is 6.20. The summed E-state index contributed by atoms with van der Waals surface area (Å²) >= 11 is 0. The first-order valence-corrected chi connectivity index (χ1v) is 7.90. The van der Waals surface area contributed by atoms with Gasteiger partial charge < -0.3 is 4.42 Å². The van der Waals surface area contributed by atoms with Crippen LogP contribution in [0.2, 0.25) is 0 Å². The molecule has 1 amide bonds. The topological polar surface area (TPSA) is 67.5 Å². The van der Waals surface area contributed by atoms with Crippen LogP contribution in [0.3, 0.4) is 0 Å². The molecule has 0 fully saturated rings. The van der Waals surface area contributed by atoms with Crippen molar-refractivity contribution < 1.29 is 9.21 Å². The molecule has 122 valence electrons. The molecule has 2 aromatic heterocycles. The summed E-state index contributed by atoms with van der Waals surface area (Å²) in [5.74, 6) is 0.259. The Kier molecular flexibility index (Phi) is 3.74. The van der Waals surface area contributed by atoms with Gasteiger partial charge in [0.25, 0.3) is 5.91 Å². The van der Waals surface area contributed by atoms with Crippen LogP contribution in [0.5, 0.6) is 0 Å². The molecule has 0 bridgehead atoms. The van der Waals surface area contributed by atoms with Crippen LogP contribution in [0, 0.1) is 0 Å². The minimum atomic E-state index is -0.360. The third-order valence-corrected chi connectivity index (χ3v) is 4.01. The summed E-state index contributed by atoms with van der Waals surface area (Å²) in [5.41, 5.74) is 4.20. The van der Waals surface area contributed by atoms with Crippen molar-refractivity contribution in [2.24, 2.45) is 5.10 Å². The van der Waals surface area contributed by atoms with Crippen molar-refractivity contribution in [1.82, 2.24) is 10.4 Å². The van der Waals surface area contributed by atoms with Crippen LogP contribution >= 0.6 is 0 Å². The Bertz CT molecular complexity index is 1100. The highest BCUT2D eigenvalue weighted by Gasteiger charge is 2.10. The van der Waals surface area contributed by atoms with E-state index in [0.29, 0.717) is 17.2 Å². The van der Waals surface area contributed by atoms with Crippen LogP contribution in [-0.2, 0) is 0 Å². The molecular formula is C20H15N3O2. The molecule has 0 radical (unpaired) electrons. The summed E-state index contributed by atoms with van der Waals surface area (Å²) in [4.78, 5) is 16.0. The minimum absolute atomic E-state index is 0.314. The van der Waals surface area contributed by atoms with Gasteiger partial charge in [0.15, 0.2) is 5.76 Å². The van der Waals surface area contributed by atoms with Crippen molar-refractivity contribution in [3.8, 4) is 0 Å². The van der Waals surface area contributed by atoms with E-state index in [4.69, 9.17) is 4.42 Å². The molecule has 0 aliphatic heterocycles. The maximum Gasteiger partial charge on any atom is 0.289 e. The zero-order valence-electron chi connectivity index (χ0n) is 13.6. The third kappa shape index (κ3) is 2.87. The fourth-order valence-electron chi connectivity index (χ4n) is 2.71. The molecule has 5 nitrogen and oxygen atoms in total. The van der Waals surface area contributed by atoms with Gasteiger partial charge in [-0.15, -0.1) is 0 Å². The standard InChI is InChI=1S/C20H15N3O2/c1-13(22-23-20(24)17-8-4-5-11-21-17)19-12-16-15-7-3-2-6-14(15)9-10-18(16)25-19/h2-12H,1H3,(H,23,24)/b22-13-. The van der Waals surface area contributed by atoms with Gasteiger partial charge in [0.05, 0.1) is 0 Å². The zero-order valence-corrected chi connectivity index (χ0v) is 13.6. The number of hydrazone groups is 1. The van der Waals surface area contributed by atoms with Crippen LogP contribution in [0.4, 0.5) is 0 Å². The molecule has 4 rings (SSSR count). The number of fused-ring (bicyclic) bond motifs is 3. The largest absolute Gasteiger partial charge is 0.455 e. The maximum atomic E-state index is 12.0. The lowest BCUT2D eigenvalue weighted by Gasteiger charge is -1.99. The number of carbonyl (C=O) groups excluding carboxylic acids is 1. The summed E-state index contributed by atoms with van der Waals surface area (Å²) in [6.45, 7) is 1.79. The van der Waals surface area contributed by atoms with Gasteiger partial charge >= 0.3 is 0 Å². The molecule has 0 aliphatic carbocycles. The molecule has 0 unspecified atom stereocenters. The lowest BCUT2D eigenvalue weighted by atomic mass is 10.1. The summed E-state index contributed by atoms with van der Waals surface area (Å²) in [6, 6.07) is 19.2. The second-order valence-corrected chi connectivity index (χ2v) is 5.66. The second-order valence-electron chi connectivity index (χ2n) is 5.66. The number of aromatic nitrogens is 1. The SMILES string of the molecule is C/C(=N/NC(=O)c1ccccn1)c1cc2c(ccc3ccccc32)o1. The number of nitrogens with zero attached hydrogens (tertiary/aromatic N) is 2. The Morgan fingerprint density at radius 1 is 1.04 bits per heavy atom. The Hall–Kier alpha value is -3.47. The van der Waals surface area contributed by atoms with Gasteiger partial charge in [-0.3, -0.25) is 9.78 Å². The monoisotopic (exact) mass is 329 g/mol. The minimum Gasteiger partial charge on any atom is -0.455 e. The lowest BCUT2D eigenvalue weighted by Crippen LogP contribution is -2.20. The van der Waals surface area contributed by atoms with Crippen LogP contribution in [-0.4, -0.2) is 16.6 Å². The van der Waals surface area contributed by atoms with Gasteiger partial charge in [-0.1, -0.05) is 36.4 Å². The Labute approximate surface area is 144 Å². The molecule has 0 atom stereocenters. The van der Waals surface area contributed by atoms with E-state index in [-0.39, 0.29) is 5.91 Å². The van der Waals surface area contributed by atoms with E-state index in [1.54, 1.807) is 31.3 Å². The third-order valence-electron chi connectivity index (χ3n) is 4.01. The number of benzene rings is 2. The maximum absolute atomic E-state index is 12.0. The highest BCUT2D eigenvalue weighted by molar-refractivity contribution is 6.09. The van der Waals surface area contributed by atoms with E-state index in [2.05, 4.69) is 27.6 Å². The fourth-order valence-corrected chi connectivity index (χ4v) is 2.71. The Morgan fingerprint density at radius 3 is 2.72 bits per heavy atom. The molecule has 2 heterocycles. The van der Waals surface area contributed by atoms with Gasteiger partial charge in [-0.2, -0.15) is 5.10 Å². The van der Waals surface area contributed by atoms with Crippen molar-refractivity contribution in [3.63, 3.8) is 0 Å². The number of hydrogen-bond acceptors (Lipinski definition) is 4. The predicted octanol–water partition coefficient (Wildman–Crippen LogP) is 4.14. The number of rotatable bonds is 3. The first kappa shape index (κ1) is 15.1. The number of furan rings is 1. The van der Waals surface area contributed by atoms with E-state index in [0.717, 1.165) is 21.7 Å². The summed E-state index contributed by atoms with van der Waals surface area (Å²) in [7, 11) is 0. The van der Waals surface area contributed by atoms with Gasteiger partial charge in [-0.05, 0) is 42.0 Å². The van der Waals surface area contributed by atoms with Crippen LogP contribution in [0.25, 0.3) is 21.7 Å². The van der Waals surface area contributed by atoms with Gasteiger partial charge in [0, 0.05) is 11.6 Å². The number of amides is 1. The van der Waals surface area contributed by atoms with Crippen LogP contribution in [0.1, 0.15) is 23.2 Å². The van der Waals surface area contributed by atoms with E-state index < -0.39 is 0 Å². The molecule has 2 aromatic carbocycles. The predicted molar refractivity (Wildman–Crippen MR) is 97.6 cm³/mol. The fraction of sp³-hybridized carbons (Fsp3) is 0.0500. The molecule has 0 saturated carbocycles. The van der Waals surface area contributed by atoms with Crippen LogP contribution in [0.15, 0.2) is 76.4 Å². The van der Waals surface area contributed by atoms with Crippen molar-refractivity contribution in [1.29, 1.82) is 0 Å². The normalized spacial score (nSPS) is 11.8. The Morgan fingerprint density at radius 2 is 1.88 bits per heavy atom. The van der Waals surface area contributed by atoms with E-state index in [1.807, 2.05) is 30.3 Å². The summed E-state index contributed by atoms with van der Waals surface area (Å²) in [6.07, 6.45) is 1.57. The van der Waals surface area contributed by atoms with E-state index in [1.165, 1.54) is 0 Å². The first-order valence-electron chi connectivity index (χ1n) is 7.90. The summed E-state index contributed by atoms with van der Waals surface area (Å²) < 4.78 is 5.88. The van der Waals surface area contributed by atoms with E-state index >= 15 is 0 Å². The highest BCUT2D eigenvalue weighted by Crippen LogP contribution is 2.28. The Balaban J connectivity index is 1.64.